The molecule has 6 nitrogen and oxygen atoms in total. The van der Waals surface area contributed by atoms with Crippen LogP contribution >= 0.6 is 11.6 Å². The van der Waals surface area contributed by atoms with E-state index < -0.39 is 5.78 Å². The van der Waals surface area contributed by atoms with Crippen molar-refractivity contribution in [2.75, 3.05) is 27.3 Å². The fourth-order valence-electron chi connectivity index (χ4n) is 2.34. The van der Waals surface area contributed by atoms with E-state index in [1.54, 1.807) is 56.6 Å². The summed E-state index contributed by atoms with van der Waals surface area (Å²) < 4.78 is 11.1. The number of halogens is 1. The number of amides is 1. The van der Waals surface area contributed by atoms with Crippen molar-refractivity contribution in [1.82, 2.24) is 4.90 Å². The topological polar surface area (TPSA) is 79.6 Å². The summed E-state index contributed by atoms with van der Waals surface area (Å²) in [6.07, 6.45) is 1.48. The second-order valence-corrected chi connectivity index (χ2v) is 6.66. The van der Waals surface area contributed by atoms with Gasteiger partial charge in [-0.2, -0.15) is 5.26 Å². The number of ketones is 1. The Morgan fingerprint density at radius 2 is 1.79 bits per heavy atom. The van der Waals surface area contributed by atoms with Gasteiger partial charge in [-0.3, -0.25) is 9.59 Å². The van der Waals surface area contributed by atoms with E-state index in [4.69, 9.17) is 21.1 Å². The Morgan fingerprint density at radius 1 is 1.10 bits per heavy atom. The lowest BCUT2D eigenvalue weighted by molar-refractivity contribution is -0.130. The molecule has 0 atom stereocenters. The molecule has 0 aliphatic heterocycles. The molecule has 0 heterocycles. The van der Waals surface area contributed by atoms with Gasteiger partial charge >= 0.3 is 0 Å². The monoisotopic (exact) mass is 412 g/mol. The molecule has 0 aliphatic rings. The Labute approximate surface area is 174 Å². The highest BCUT2D eigenvalue weighted by Crippen LogP contribution is 2.29. The summed E-state index contributed by atoms with van der Waals surface area (Å²) >= 11 is 5.84. The number of likely N-dealkylation sites (N-methyl/N-ethyl adjacent to an activating group) is 1. The van der Waals surface area contributed by atoms with Crippen molar-refractivity contribution in [3.63, 3.8) is 0 Å². The van der Waals surface area contributed by atoms with Crippen LogP contribution in [0.3, 0.4) is 0 Å². The van der Waals surface area contributed by atoms with E-state index in [1.807, 2.05) is 13.0 Å². The number of nitrogens with zero attached hydrogens (tertiary/aromatic N) is 2. The van der Waals surface area contributed by atoms with Crippen LogP contribution in [0.1, 0.15) is 22.8 Å². The van der Waals surface area contributed by atoms with Gasteiger partial charge in [0.05, 0.1) is 6.61 Å². The number of ether oxygens (including phenoxy) is 2. The third-order valence-corrected chi connectivity index (χ3v) is 4.15. The van der Waals surface area contributed by atoms with Gasteiger partial charge in [-0.15, -0.1) is 0 Å². The summed E-state index contributed by atoms with van der Waals surface area (Å²) in [6.45, 7) is 2.09. The van der Waals surface area contributed by atoms with Gasteiger partial charge in [0, 0.05) is 24.7 Å². The van der Waals surface area contributed by atoms with Gasteiger partial charge in [0.15, 0.2) is 18.1 Å². The Hall–Kier alpha value is -3.30. The van der Waals surface area contributed by atoms with Crippen LogP contribution in [0.2, 0.25) is 5.02 Å². The Kier molecular flexibility index (Phi) is 7.81. The second-order valence-electron chi connectivity index (χ2n) is 6.22. The standard InChI is InChI=1S/C22H21ClN2O4/c1-4-28-20-12-15(5-10-19(20)29-14-21(26)25(2)3)11-17(13-24)22(27)16-6-8-18(23)9-7-16/h5-12H,4,14H2,1-3H3/b17-11+. The number of hydrogen-bond acceptors (Lipinski definition) is 5. The van der Waals surface area contributed by atoms with E-state index in [1.165, 1.54) is 11.0 Å². The zero-order valence-corrected chi connectivity index (χ0v) is 17.2. The van der Waals surface area contributed by atoms with Gasteiger partial charge in [-0.1, -0.05) is 17.7 Å². The SMILES string of the molecule is CCOc1cc(/C=C(\C#N)C(=O)c2ccc(Cl)cc2)ccc1OCC(=O)N(C)C. The number of benzene rings is 2. The normalized spacial score (nSPS) is 10.8. The minimum Gasteiger partial charge on any atom is -0.490 e. The molecule has 2 aromatic carbocycles. The molecule has 0 bridgehead atoms. The number of nitriles is 1. The van der Waals surface area contributed by atoms with Gasteiger partial charge in [0.2, 0.25) is 5.78 Å². The van der Waals surface area contributed by atoms with E-state index in [2.05, 4.69) is 0 Å². The Bertz CT molecular complexity index is 960. The Morgan fingerprint density at radius 3 is 2.38 bits per heavy atom. The number of hydrogen-bond donors (Lipinski definition) is 0. The third-order valence-electron chi connectivity index (χ3n) is 3.90. The minimum absolute atomic E-state index is 0.0220. The van der Waals surface area contributed by atoms with Gasteiger partial charge in [0.1, 0.15) is 11.6 Å². The molecule has 2 aromatic rings. The highest BCUT2D eigenvalue weighted by atomic mass is 35.5. The molecule has 29 heavy (non-hydrogen) atoms. The summed E-state index contributed by atoms with van der Waals surface area (Å²) in [4.78, 5) is 25.7. The maximum absolute atomic E-state index is 12.6. The largest absolute Gasteiger partial charge is 0.490 e. The van der Waals surface area contributed by atoms with Gasteiger partial charge in [-0.25, -0.2) is 0 Å². The molecule has 0 saturated carbocycles. The number of rotatable bonds is 8. The minimum atomic E-state index is -0.404. The predicted molar refractivity (Wildman–Crippen MR) is 111 cm³/mol. The first-order valence-electron chi connectivity index (χ1n) is 8.87. The van der Waals surface area contributed by atoms with E-state index in [-0.39, 0.29) is 18.1 Å². The summed E-state index contributed by atoms with van der Waals surface area (Å²) in [5.41, 5.74) is 0.944. The summed E-state index contributed by atoms with van der Waals surface area (Å²) in [5.74, 6) is 0.238. The number of carbonyl (C=O) groups is 2. The molecule has 1 amide bonds. The first-order valence-corrected chi connectivity index (χ1v) is 9.25. The van der Waals surface area contributed by atoms with E-state index in [9.17, 15) is 14.9 Å². The van der Waals surface area contributed by atoms with Crippen molar-refractivity contribution in [3.8, 4) is 17.6 Å². The predicted octanol–water partition coefficient (Wildman–Crippen LogP) is 4.00. The highest BCUT2D eigenvalue weighted by Gasteiger charge is 2.14. The maximum Gasteiger partial charge on any atom is 0.259 e. The van der Waals surface area contributed by atoms with Crippen molar-refractivity contribution >= 4 is 29.4 Å². The van der Waals surface area contributed by atoms with Crippen molar-refractivity contribution in [2.45, 2.75) is 6.92 Å². The van der Waals surface area contributed by atoms with Crippen LogP contribution in [-0.4, -0.2) is 43.9 Å². The molecular formula is C22H21ClN2O4. The third kappa shape index (κ3) is 6.09. The lowest BCUT2D eigenvalue weighted by Crippen LogP contribution is -2.27. The van der Waals surface area contributed by atoms with Crippen LogP contribution in [0.5, 0.6) is 11.5 Å². The molecule has 150 valence electrons. The van der Waals surface area contributed by atoms with Crippen molar-refractivity contribution in [2.24, 2.45) is 0 Å². The van der Waals surface area contributed by atoms with E-state index in [0.29, 0.717) is 34.3 Å². The lowest BCUT2D eigenvalue weighted by atomic mass is 10.0. The smallest absolute Gasteiger partial charge is 0.259 e. The van der Waals surface area contributed by atoms with Crippen LogP contribution < -0.4 is 9.47 Å². The molecule has 0 saturated heterocycles. The molecular weight excluding hydrogens is 392 g/mol. The van der Waals surface area contributed by atoms with Gasteiger partial charge in [-0.05, 0) is 55.0 Å². The summed E-state index contributed by atoms with van der Waals surface area (Å²) in [7, 11) is 3.29. The Balaban J connectivity index is 2.29. The average Bonchev–Trinajstić information content (AvgIpc) is 2.71. The first-order chi connectivity index (χ1) is 13.8. The molecule has 0 radical (unpaired) electrons. The molecule has 7 heteroatoms. The summed E-state index contributed by atoms with van der Waals surface area (Å²) in [5, 5.41) is 9.94. The number of allylic oxidation sites excluding steroid dienone is 1. The zero-order chi connectivity index (χ0) is 21.4. The molecule has 2 rings (SSSR count). The van der Waals surface area contributed by atoms with E-state index in [0.717, 1.165) is 0 Å². The molecule has 0 fully saturated rings. The summed E-state index contributed by atoms with van der Waals surface area (Å²) in [6, 6.07) is 13.3. The van der Waals surface area contributed by atoms with Crippen molar-refractivity contribution in [1.29, 1.82) is 5.26 Å². The van der Waals surface area contributed by atoms with Gasteiger partial charge < -0.3 is 14.4 Å². The fraction of sp³-hybridized carbons (Fsp3) is 0.227. The van der Waals surface area contributed by atoms with Crippen LogP contribution in [-0.2, 0) is 4.79 Å². The number of carbonyl (C=O) groups excluding carboxylic acids is 2. The zero-order valence-electron chi connectivity index (χ0n) is 16.4. The van der Waals surface area contributed by atoms with E-state index >= 15 is 0 Å². The van der Waals surface area contributed by atoms with Crippen molar-refractivity contribution < 1.29 is 19.1 Å². The number of Topliss-reactive ketones (excluding diaryl/α,β-unsaturated/α-hetero) is 1. The van der Waals surface area contributed by atoms with Crippen LogP contribution in [0.4, 0.5) is 0 Å². The van der Waals surface area contributed by atoms with Crippen LogP contribution in [0, 0.1) is 11.3 Å². The van der Waals surface area contributed by atoms with Crippen LogP contribution in [0.15, 0.2) is 48.0 Å². The lowest BCUT2D eigenvalue weighted by Gasteiger charge is -2.14. The quantitative estimate of drug-likeness (QED) is 0.372. The average molecular weight is 413 g/mol. The van der Waals surface area contributed by atoms with Crippen LogP contribution in [0.25, 0.3) is 6.08 Å². The first kappa shape index (κ1) is 22.0. The highest BCUT2D eigenvalue weighted by molar-refractivity contribution is 6.30. The fourth-order valence-corrected chi connectivity index (χ4v) is 2.47. The molecule has 0 aliphatic carbocycles. The second kappa shape index (κ2) is 10.3. The molecule has 0 unspecified atom stereocenters. The van der Waals surface area contributed by atoms with Crippen molar-refractivity contribution in [3.05, 3.63) is 64.2 Å². The maximum atomic E-state index is 12.6. The van der Waals surface area contributed by atoms with Gasteiger partial charge in [0.25, 0.3) is 5.91 Å². The molecule has 0 N–H and O–H groups in total. The molecule has 0 spiro atoms. The molecule has 0 aromatic heterocycles.